The summed E-state index contributed by atoms with van der Waals surface area (Å²) in [5.74, 6) is 0.334. The topological polar surface area (TPSA) is 44.9 Å². The molecule has 3 rings (SSSR count). The Kier molecular flexibility index (Phi) is 6.69. The van der Waals surface area contributed by atoms with Crippen molar-refractivity contribution in [1.29, 1.82) is 0 Å². The van der Waals surface area contributed by atoms with Crippen molar-refractivity contribution in [3.63, 3.8) is 0 Å². The van der Waals surface area contributed by atoms with Gasteiger partial charge in [-0.15, -0.1) is 0 Å². The molecule has 0 unspecified atom stereocenters. The Morgan fingerprint density at radius 3 is 2.61 bits per heavy atom. The molecule has 0 aliphatic rings. The van der Waals surface area contributed by atoms with Gasteiger partial charge in [0, 0.05) is 36.0 Å². The summed E-state index contributed by atoms with van der Waals surface area (Å²) in [6.07, 6.45) is 3.32. The molecular formula is C23H26Cl2N2O. The van der Waals surface area contributed by atoms with Crippen molar-refractivity contribution in [1.82, 2.24) is 10.3 Å². The Balaban J connectivity index is 2.03. The monoisotopic (exact) mass is 416 g/mol. The number of aromatic nitrogens is 1. The molecule has 1 amide bonds. The third kappa shape index (κ3) is 4.53. The molecule has 1 atom stereocenters. The highest BCUT2D eigenvalue weighted by molar-refractivity contribution is 6.42. The molecule has 0 fully saturated rings. The molecule has 2 N–H and O–H groups in total. The van der Waals surface area contributed by atoms with E-state index < -0.39 is 0 Å². The number of para-hydroxylation sites is 1. The molecule has 2 aromatic carbocycles. The van der Waals surface area contributed by atoms with Crippen molar-refractivity contribution in [3.05, 3.63) is 69.3 Å². The van der Waals surface area contributed by atoms with E-state index in [9.17, 15) is 4.79 Å². The highest BCUT2D eigenvalue weighted by atomic mass is 35.5. The highest BCUT2D eigenvalue weighted by Gasteiger charge is 2.22. The largest absolute Gasteiger partial charge is 0.361 e. The minimum atomic E-state index is -0.109. The molecule has 0 bridgehead atoms. The molecule has 3 aromatic rings. The summed E-state index contributed by atoms with van der Waals surface area (Å²) in [6, 6.07) is 11.9. The Morgan fingerprint density at radius 1 is 1.14 bits per heavy atom. The lowest BCUT2D eigenvalue weighted by atomic mass is 9.87. The fraction of sp³-hybridized carbons (Fsp3) is 0.348. The normalized spacial score (nSPS) is 12.5. The van der Waals surface area contributed by atoms with Crippen molar-refractivity contribution < 1.29 is 4.79 Å². The lowest BCUT2D eigenvalue weighted by Gasteiger charge is -2.18. The Morgan fingerprint density at radius 2 is 1.93 bits per heavy atom. The first-order valence-electron chi connectivity index (χ1n) is 9.71. The number of carbonyl (C=O) groups excluding carboxylic acids is 1. The summed E-state index contributed by atoms with van der Waals surface area (Å²) in [4.78, 5) is 16.1. The molecule has 0 saturated carbocycles. The first kappa shape index (κ1) is 20.8. The van der Waals surface area contributed by atoms with Crippen LogP contribution in [-0.4, -0.2) is 17.4 Å². The zero-order chi connectivity index (χ0) is 20.3. The number of aromatic amines is 1. The van der Waals surface area contributed by atoms with Gasteiger partial charge in [-0.2, -0.15) is 0 Å². The smallest absolute Gasteiger partial charge is 0.220 e. The van der Waals surface area contributed by atoms with E-state index in [1.54, 1.807) is 6.07 Å². The van der Waals surface area contributed by atoms with E-state index in [1.807, 2.05) is 18.3 Å². The lowest BCUT2D eigenvalue weighted by Crippen LogP contribution is -2.28. The van der Waals surface area contributed by atoms with Crippen LogP contribution in [0.5, 0.6) is 0 Å². The van der Waals surface area contributed by atoms with Crippen molar-refractivity contribution in [3.8, 4) is 0 Å². The molecule has 1 aromatic heterocycles. The molecule has 5 heteroatoms. The molecule has 148 valence electrons. The van der Waals surface area contributed by atoms with Crippen LogP contribution in [0.3, 0.4) is 0 Å². The van der Waals surface area contributed by atoms with E-state index >= 15 is 0 Å². The van der Waals surface area contributed by atoms with Gasteiger partial charge in [-0.3, -0.25) is 4.79 Å². The van der Waals surface area contributed by atoms with Gasteiger partial charge in [0.25, 0.3) is 0 Å². The zero-order valence-corrected chi connectivity index (χ0v) is 18.0. The molecule has 28 heavy (non-hydrogen) atoms. The standard InChI is InChI=1S/C23H26Cl2N2O/c1-4-15-6-5-7-17-19(13-27-23(15)17)18(11-22(28)26-12-14(2)3)16-8-9-20(24)21(25)10-16/h5-10,13-14,18,27H,4,11-12H2,1-3H3,(H,26,28)/t18-/m0/s1. The molecule has 3 nitrogen and oxygen atoms in total. The Hall–Kier alpha value is -1.97. The predicted molar refractivity (Wildman–Crippen MR) is 118 cm³/mol. The van der Waals surface area contributed by atoms with Crippen LogP contribution < -0.4 is 5.32 Å². The summed E-state index contributed by atoms with van der Waals surface area (Å²) in [5, 5.41) is 5.19. The highest BCUT2D eigenvalue weighted by Crippen LogP contribution is 2.36. The quantitative estimate of drug-likeness (QED) is 0.464. The maximum Gasteiger partial charge on any atom is 0.220 e. The molecular weight excluding hydrogens is 391 g/mol. The molecule has 0 aliphatic carbocycles. The third-order valence-electron chi connectivity index (χ3n) is 5.03. The van der Waals surface area contributed by atoms with Gasteiger partial charge in [-0.1, -0.05) is 68.2 Å². The minimum Gasteiger partial charge on any atom is -0.361 e. The first-order valence-corrected chi connectivity index (χ1v) is 10.5. The fourth-order valence-electron chi connectivity index (χ4n) is 3.53. The van der Waals surface area contributed by atoms with Crippen LogP contribution in [0.25, 0.3) is 10.9 Å². The summed E-state index contributed by atoms with van der Waals surface area (Å²) in [7, 11) is 0. The number of hydrogen-bond acceptors (Lipinski definition) is 1. The number of carbonyl (C=O) groups is 1. The molecule has 0 saturated heterocycles. The predicted octanol–water partition coefficient (Wildman–Crippen LogP) is 6.33. The number of rotatable bonds is 7. The SMILES string of the molecule is CCc1cccc2c([C@@H](CC(=O)NCC(C)C)c3ccc(Cl)c(Cl)c3)c[nH]c12. The van der Waals surface area contributed by atoms with E-state index in [0.717, 1.165) is 28.5 Å². The number of amides is 1. The van der Waals surface area contributed by atoms with E-state index in [2.05, 4.69) is 49.3 Å². The first-order chi connectivity index (χ1) is 13.4. The van der Waals surface area contributed by atoms with Crippen LogP contribution in [0.2, 0.25) is 10.0 Å². The number of fused-ring (bicyclic) bond motifs is 1. The second kappa shape index (κ2) is 9.02. The van der Waals surface area contributed by atoms with Crippen molar-refractivity contribution in [2.24, 2.45) is 5.92 Å². The maximum atomic E-state index is 12.7. The van der Waals surface area contributed by atoms with Crippen molar-refractivity contribution in [2.75, 3.05) is 6.54 Å². The van der Waals surface area contributed by atoms with Crippen LogP contribution in [0.1, 0.15) is 49.8 Å². The van der Waals surface area contributed by atoms with Gasteiger partial charge in [0.15, 0.2) is 0 Å². The van der Waals surface area contributed by atoms with Gasteiger partial charge in [0.05, 0.1) is 10.0 Å². The molecule has 0 radical (unpaired) electrons. The van der Waals surface area contributed by atoms with Crippen LogP contribution in [-0.2, 0) is 11.2 Å². The Bertz CT molecular complexity index is 978. The summed E-state index contributed by atoms with van der Waals surface area (Å²) in [5.41, 5.74) is 4.48. The number of H-pyrrole nitrogens is 1. The summed E-state index contributed by atoms with van der Waals surface area (Å²) in [6.45, 7) is 6.98. The van der Waals surface area contributed by atoms with Crippen LogP contribution in [0.4, 0.5) is 0 Å². The van der Waals surface area contributed by atoms with E-state index in [-0.39, 0.29) is 11.8 Å². The number of halogens is 2. The second-order valence-corrected chi connectivity index (χ2v) is 8.38. The summed E-state index contributed by atoms with van der Waals surface area (Å²) >= 11 is 12.4. The zero-order valence-electron chi connectivity index (χ0n) is 16.5. The number of aryl methyl sites for hydroxylation is 1. The van der Waals surface area contributed by atoms with Crippen LogP contribution >= 0.6 is 23.2 Å². The van der Waals surface area contributed by atoms with Gasteiger partial charge < -0.3 is 10.3 Å². The molecule has 1 heterocycles. The van der Waals surface area contributed by atoms with Crippen molar-refractivity contribution >= 4 is 40.0 Å². The van der Waals surface area contributed by atoms with Crippen LogP contribution in [0, 0.1) is 5.92 Å². The third-order valence-corrected chi connectivity index (χ3v) is 5.77. The molecule has 0 spiro atoms. The van der Waals surface area contributed by atoms with Gasteiger partial charge in [0.2, 0.25) is 5.91 Å². The Labute approximate surface area is 176 Å². The van der Waals surface area contributed by atoms with E-state index in [1.165, 1.54) is 5.56 Å². The number of benzene rings is 2. The average molecular weight is 417 g/mol. The average Bonchev–Trinajstić information content (AvgIpc) is 3.10. The fourth-order valence-corrected chi connectivity index (χ4v) is 3.84. The number of hydrogen-bond donors (Lipinski definition) is 2. The second-order valence-electron chi connectivity index (χ2n) is 7.57. The summed E-state index contributed by atoms with van der Waals surface area (Å²) < 4.78 is 0. The molecule has 0 aliphatic heterocycles. The van der Waals surface area contributed by atoms with E-state index in [0.29, 0.717) is 28.9 Å². The van der Waals surface area contributed by atoms with E-state index in [4.69, 9.17) is 23.2 Å². The van der Waals surface area contributed by atoms with Crippen LogP contribution in [0.15, 0.2) is 42.6 Å². The van der Waals surface area contributed by atoms with Gasteiger partial charge >= 0.3 is 0 Å². The van der Waals surface area contributed by atoms with Gasteiger partial charge in [-0.05, 0) is 41.2 Å². The lowest BCUT2D eigenvalue weighted by molar-refractivity contribution is -0.121. The van der Waals surface area contributed by atoms with Gasteiger partial charge in [-0.25, -0.2) is 0 Å². The maximum absolute atomic E-state index is 12.7. The minimum absolute atomic E-state index is 0.0331. The van der Waals surface area contributed by atoms with Gasteiger partial charge in [0.1, 0.15) is 0 Å². The number of nitrogens with one attached hydrogen (secondary N) is 2. The van der Waals surface area contributed by atoms with Crippen molar-refractivity contribution in [2.45, 2.75) is 39.5 Å².